The Hall–Kier alpha value is -2.06. The van der Waals surface area contributed by atoms with Crippen LogP contribution in [0.3, 0.4) is 0 Å². The Bertz CT molecular complexity index is 803. The fourth-order valence-corrected chi connectivity index (χ4v) is 4.10. The lowest BCUT2D eigenvalue weighted by Crippen LogP contribution is -2.38. The minimum Gasteiger partial charge on any atom is -0.371 e. The zero-order valence-electron chi connectivity index (χ0n) is 13.5. The summed E-state index contributed by atoms with van der Waals surface area (Å²) >= 11 is 0. The SMILES string of the molecule is O=S(=O)(NCC1CCN(c2ccncc2)CC1)c1cc(F)cc(F)c1. The van der Waals surface area contributed by atoms with Crippen LogP contribution in [0.5, 0.6) is 0 Å². The van der Waals surface area contributed by atoms with Crippen LogP contribution in [0.2, 0.25) is 0 Å². The molecule has 134 valence electrons. The first kappa shape index (κ1) is 17.8. The van der Waals surface area contributed by atoms with Gasteiger partial charge >= 0.3 is 0 Å². The summed E-state index contributed by atoms with van der Waals surface area (Å²) in [5.41, 5.74) is 1.10. The number of pyridine rings is 1. The number of hydrogen-bond donors (Lipinski definition) is 1. The molecule has 0 spiro atoms. The maximum atomic E-state index is 13.2. The molecule has 0 bridgehead atoms. The molecule has 2 heterocycles. The molecule has 8 heteroatoms. The van der Waals surface area contributed by atoms with Crippen LogP contribution in [-0.4, -0.2) is 33.0 Å². The molecule has 1 saturated heterocycles. The van der Waals surface area contributed by atoms with Crippen molar-refractivity contribution in [3.63, 3.8) is 0 Å². The number of sulfonamides is 1. The summed E-state index contributed by atoms with van der Waals surface area (Å²) < 4.78 is 53.3. The van der Waals surface area contributed by atoms with E-state index in [1.54, 1.807) is 12.4 Å². The highest BCUT2D eigenvalue weighted by molar-refractivity contribution is 7.89. The average Bonchev–Trinajstić information content (AvgIpc) is 2.60. The Morgan fingerprint density at radius 3 is 2.28 bits per heavy atom. The zero-order valence-corrected chi connectivity index (χ0v) is 14.3. The van der Waals surface area contributed by atoms with Gasteiger partial charge in [-0.3, -0.25) is 4.98 Å². The molecule has 0 atom stereocenters. The van der Waals surface area contributed by atoms with Crippen molar-refractivity contribution in [2.75, 3.05) is 24.5 Å². The highest BCUT2D eigenvalue weighted by Gasteiger charge is 2.22. The second-order valence-electron chi connectivity index (χ2n) is 6.09. The Balaban J connectivity index is 1.56. The maximum absolute atomic E-state index is 13.2. The lowest BCUT2D eigenvalue weighted by molar-refractivity contribution is 0.402. The van der Waals surface area contributed by atoms with E-state index in [0.29, 0.717) is 6.07 Å². The van der Waals surface area contributed by atoms with Crippen LogP contribution in [0.4, 0.5) is 14.5 Å². The molecule has 2 aromatic rings. The Kier molecular flexibility index (Phi) is 5.29. The minimum atomic E-state index is -3.92. The van der Waals surface area contributed by atoms with Gasteiger partial charge in [0.1, 0.15) is 11.6 Å². The van der Waals surface area contributed by atoms with E-state index in [4.69, 9.17) is 0 Å². The summed E-state index contributed by atoms with van der Waals surface area (Å²) in [5, 5.41) is 0. The summed E-state index contributed by atoms with van der Waals surface area (Å²) in [6.07, 6.45) is 5.16. The van der Waals surface area contributed by atoms with Crippen molar-refractivity contribution in [1.82, 2.24) is 9.71 Å². The predicted octanol–water partition coefficient (Wildman–Crippen LogP) is 2.55. The first-order chi connectivity index (χ1) is 11.9. The molecule has 5 nitrogen and oxygen atoms in total. The lowest BCUT2D eigenvalue weighted by atomic mass is 9.97. The molecule has 1 aliphatic rings. The number of nitrogens with one attached hydrogen (secondary N) is 1. The molecule has 0 radical (unpaired) electrons. The molecule has 1 aliphatic heterocycles. The van der Waals surface area contributed by atoms with Gasteiger partial charge in [0, 0.05) is 43.8 Å². The highest BCUT2D eigenvalue weighted by atomic mass is 32.2. The van der Waals surface area contributed by atoms with Gasteiger partial charge in [0.25, 0.3) is 0 Å². The molecule has 0 aliphatic carbocycles. The van der Waals surface area contributed by atoms with Crippen LogP contribution >= 0.6 is 0 Å². The number of nitrogens with zero attached hydrogens (tertiary/aromatic N) is 2. The van der Waals surface area contributed by atoms with E-state index in [1.807, 2.05) is 12.1 Å². The largest absolute Gasteiger partial charge is 0.371 e. The van der Waals surface area contributed by atoms with Gasteiger partial charge in [0.2, 0.25) is 10.0 Å². The Labute approximate surface area is 145 Å². The van der Waals surface area contributed by atoms with E-state index >= 15 is 0 Å². The number of benzene rings is 1. The summed E-state index contributed by atoms with van der Waals surface area (Å²) in [7, 11) is -3.92. The van der Waals surface area contributed by atoms with Crippen molar-refractivity contribution in [2.24, 2.45) is 5.92 Å². The third-order valence-corrected chi connectivity index (χ3v) is 5.75. The second-order valence-corrected chi connectivity index (χ2v) is 7.86. The van der Waals surface area contributed by atoms with Crippen molar-refractivity contribution in [3.05, 3.63) is 54.4 Å². The van der Waals surface area contributed by atoms with Crippen molar-refractivity contribution in [1.29, 1.82) is 0 Å². The van der Waals surface area contributed by atoms with Gasteiger partial charge in [-0.2, -0.15) is 0 Å². The molecule has 0 unspecified atom stereocenters. The fraction of sp³-hybridized carbons (Fsp3) is 0.353. The van der Waals surface area contributed by atoms with E-state index < -0.39 is 21.7 Å². The summed E-state index contributed by atoms with van der Waals surface area (Å²) in [4.78, 5) is 5.84. The number of anilines is 1. The van der Waals surface area contributed by atoms with E-state index in [2.05, 4.69) is 14.6 Å². The normalized spacial score (nSPS) is 16.2. The van der Waals surface area contributed by atoms with E-state index in [1.165, 1.54) is 0 Å². The van der Waals surface area contributed by atoms with Crippen LogP contribution in [-0.2, 0) is 10.0 Å². The van der Waals surface area contributed by atoms with E-state index in [-0.39, 0.29) is 17.4 Å². The van der Waals surface area contributed by atoms with Crippen molar-refractivity contribution >= 4 is 15.7 Å². The van der Waals surface area contributed by atoms with Crippen molar-refractivity contribution < 1.29 is 17.2 Å². The van der Waals surface area contributed by atoms with Gasteiger partial charge in [-0.05, 0) is 43.0 Å². The number of halogens is 2. The van der Waals surface area contributed by atoms with Gasteiger partial charge in [-0.15, -0.1) is 0 Å². The summed E-state index contributed by atoms with van der Waals surface area (Å²) in [6.45, 7) is 1.90. The molecule has 0 amide bonds. The lowest BCUT2D eigenvalue weighted by Gasteiger charge is -2.33. The van der Waals surface area contributed by atoms with Gasteiger partial charge in [-0.1, -0.05) is 0 Å². The zero-order chi connectivity index (χ0) is 17.9. The third kappa shape index (κ3) is 4.52. The number of rotatable bonds is 5. The highest BCUT2D eigenvalue weighted by Crippen LogP contribution is 2.23. The molecule has 1 aromatic carbocycles. The molecule has 1 fully saturated rings. The summed E-state index contributed by atoms with van der Waals surface area (Å²) in [5.74, 6) is -1.64. The topological polar surface area (TPSA) is 62.3 Å². The van der Waals surface area contributed by atoms with Gasteiger partial charge < -0.3 is 4.90 Å². The fourth-order valence-electron chi connectivity index (χ4n) is 2.94. The minimum absolute atomic E-state index is 0.186. The van der Waals surface area contributed by atoms with Crippen molar-refractivity contribution in [2.45, 2.75) is 17.7 Å². The number of hydrogen-bond acceptors (Lipinski definition) is 4. The standard InChI is InChI=1S/C17H19F2N3O2S/c18-14-9-15(19)11-17(10-14)25(23,24)21-12-13-3-7-22(8-4-13)16-1-5-20-6-2-16/h1-2,5-6,9-11,13,21H,3-4,7-8,12H2. The van der Waals surface area contributed by atoms with Crippen LogP contribution < -0.4 is 9.62 Å². The van der Waals surface area contributed by atoms with Crippen LogP contribution in [0.25, 0.3) is 0 Å². The van der Waals surface area contributed by atoms with Crippen molar-refractivity contribution in [3.8, 4) is 0 Å². The molecule has 3 rings (SSSR count). The van der Waals surface area contributed by atoms with Crippen LogP contribution in [0, 0.1) is 17.6 Å². The number of aromatic nitrogens is 1. The van der Waals surface area contributed by atoms with Gasteiger partial charge in [-0.25, -0.2) is 21.9 Å². The van der Waals surface area contributed by atoms with Gasteiger partial charge in [0.15, 0.2) is 0 Å². The maximum Gasteiger partial charge on any atom is 0.240 e. The molecule has 1 aromatic heterocycles. The quantitative estimate of drug-likeness (QED) is 0.882. The third-order valence-electron chi connectivity index (χ3n) is 4.35. The first-order valence-corrected chi connectivity index (χ1v) is 9.53. The average molecular weight is 367 g/mol. The number of piperidine rings is 1. The van der Waals surface area contributed by atoms with Gasteiger partial charge in [0.05, 0.1) is 4.90 Å². The Morgan fingerprint density at radius 1 is 1.08 bits per heavy atom. The molecule has 1 N–H and O–H groups in total. The predicted molar refractivity (Wildman–Crippen MR) is 90.7 cm³/mol. The summed E-state index contributed by atoms with van der Waals surface area (Å²) in [6, 6.07) is 6.17. The molecular weight excluding hydrogens is 348 g/mol. The van der Waals surface area contributed by atoms with E-state index in [0.717, 1.165) is 43.8 Å². The Morgan fingerprint density at radius 2 is 1.68 bits per heavy atom. The molecule has 0 saturated carbocycles. The monoisotopic (exact) mass is 367 g/mol. The smallest absolute Gasteiger partial charge is 0.240 e. The molecule has 25 heavy (non-hydrogen) atoms. The van der Waals surface area contributed by atoms with Crippen LogP contribution in [0.15, 0.2) is 47.6 Å². The first-order valence-electron chi connectivity index (χ1n) is 8.05. The second kappa shape index (κ2) is 7.45. The van der Waals surface area contributed by atoms with Crippen LogP contribution in [0.1, 0.15) is 12.8 Å². The van der Waals surface area contributed by atoms with E-state index in [9.17, 15) is 17.2 Å². The molecular formula is C17H19F2N3O2S.